The molecule has 2 rings (SSSR count). The van der Waals surface area contributed by atoms with E-state index in [1.54, 1.807) is 0 Å². The molecule has 0 spiro atoms. The lowest BCUT2D eigenvalue weighted by Crippen LogP contribution is -2.17. The Hall–Kier alpha value is -0.840. The average Bonchev–Trinajstić information content (AvgIpc) is 2.75. The zero-order valence-electron chi connectivity index (χ0n) is 10.2. The first-order valence-corrected chi connectivity index (χ1v) is 6.95. The minimum atomic E-state index is 0.769. The molecule has 1 N–H and O–H groups in total. The van der Waals surface area contributed by atoms with Crippen LogP contribution in [0.2, 0.25) is 5.02 Å². The van der Waals surface area contributed by atoms with Gasteiger partial charge in [0.25, 0.3) is 0 Å². The van der Waals surface area contributed by atoms with Gasteiger partial charge in [-0.1, -0.05) is 27.5 Å². The van der Waals surface area contributed by atoms with E-state index in [-0.39, 0.29) is 0 Å². The maximum Gasteiger partial charge on any atom is 0.0637 e. The van der Waals surface area contributed by atoms with Crippen molar-refractivity contribution in [3.63, 3.8) is 0 Å². The third-order valence-corrected chi connectivity index (χ3v) is 3.51. The molecule has 1 aromatic carbocycles. The molecule has 0 saturated heterocycles. The lowest BCUT2D eigenvalue weighted by atomic mass is 10.2. The Bertz CT molecular complexity index is 525. The van der Waals surface area contributed by atoms with Gasteiger partial charge in [-0.05, 0) is 29.8 Å². The number of benzene rings is 1. The van der Waals surface area contributed by atoms with Crippen LogP contribution >= 0.6 is 27.5 Å². The van der Waals surface area contributed by atoms with Crippen molar-refractivity contribution in [1.82, 2.24) is 15.1 Å². The quantitative estimate of drug-likeness (QED) is 0.854. The molecular weight excluding hydrogens is 314 g/mol. The van der Waals surface area contributed by atoms with Crippen LogP contribution in [-0.2, 0) is 20.0 Å². The van der Waals surface area contributed by atoms with Crippen LogP contribution in [-0.4, -0.2) is 16.3 Å². The smallest absolute Gasteiger partial charge is 0.0637 e. The largest absolute Gasteiger partial charge is 0.312 e. The van der Waals surface area contributed by atoms with Crippen LogP contribution in [0.5, 0.6) is 0 Å². The molecule has 1 aromatic heterocycles. The Kier molecular flexibility index (Phi) is 4.80. The molecule has 0 aliphatic carbocycles. The topological polar surface area (TPSA) is 29.9 Å². The summed E-state index contributed by atoms with van der Waals surface area (Å²) in [7, 11) is 1.93. The molecule has 96 valence electrons. The van der Waals surface area contributed by atoms with Crippen LogP contribution in [0.25, 0.3) is 0 Å². The monoisotopic (exact) mass is 327 g/mol. The van der Waals surface area contributed by atoms with Gasteiger partial charge in [0, 0.05) is 42.3 Å². The molecular formula is C13H15BrClN3. The van der Waals surface area contributed by atoms with Gasteiger partial charge in [-0.3, -0.25) is 4.68 Å². The van der Waals surface area contributed by atoms with Gasteiger partial charge < -0.3 is 5.32 Å². The van der Waals surface area contributed by atoms with Crippen molar-refractivity contribution >= 4 is 27.5 Å². The first-order chi connectivity index (χ1) is 8.65. The molecule has 0 aliphatic rings. The van der Waals surface area contributed by atoms with Crippen molar-refractivity contribution in [2.24, 2.45) is 7.05 Å². The predicted molar refractivity (Wildman–Crippen MR) is 77.8 cm³/mol. The van der Waals surface area contributed by atoms with E-state index in [1.807, 2.05) is 42.2 Å². The Labute approximate surface area is 120 Å². The lowest BCUT2D eigenvalue weighted by molar-refractivity contribution is 0.665. The van der Waals surface area contributed by atoms with E-state index in [0.717, 1.165) is 40.3 Å². The summed E-state index contributed by atoms with van der Waals surface area (Å²) < 4.78 is 2.87. The summed E-state index contributed by atoms with van der Waals surface area (Å²) >= 11 is 9.56. The van der Waals surface area contributed by atoms with Gasteiger partial charge in [-0.15, -0.1) is 0 Å². The van der Waals surface area contributed by atoms with Gasteiger partial charge in [0.15, 0.2) is 0 Å². The normalized spacial score (nSPS) is 10.8. The molecule has 3 nitrogen and oxygen atoms in total. The maximum absolute atomic E-state index is 6.12. The molecule has 0 atom stereocenters. The second-order valence-corrected chi connectivity index (χ2v) is 5.47. The third kappa shape index (κ3) is 3.83. The van der Waals surface area contributed by atoms with Crippen LogP contribution < -0.4 is 5.32 Å². The highest BCUT2D eigenvalue weighted by molar-refractivity contribution is 9.10. The molecule has 0 saturated carbocycles. The van der Waals surface area contributed by atoms with Crippen molar-refractivity contribution in [2.75, 3.05) is 6.54 Å². The van der Waals surface area contributed by atoms with E-state index < -0.39 is 0 Å². The van der Waals surface area contributed by atoms with Crippen molar-refractivity contribution in [1.29, 1.82) is 0 Å². The highest BCUT2D eigenvalue weighted by Crippen LogP contribution is 2.20. The van der Waals surface area contributed by atoms with Gasteiger partial charge in [0.1, 0.15) is 0 Å². The standard InChI is InChI=1S/C13H15BrClN3/c1-18-7-5-12(17-18)4-6-16-9-10-8-11(14)2-3-13(10)15/h2-3,5,7-8,16H,4,6,9H2,1H3. The van der Waals surface area contributed by atoms with Crippen LogP contribution in [0, 0.1) is 0 Å². The van der Waals surface area contributed by atoms with Gasteiger partial charge in [-0.25, -0.2) is 0 Å². The molecule has 0 amide bonds. The maximum atomic E-state index is 6.12. The Morgan fingerprint density at radius 1 is 1.39 bits per heavy atom. The minimum absolute atomic E-state index is 0.769. The summed E-state index contributed by atoms with van der Waals surface area (Å²) in [5.41, 5.74) is 2.21. The molecule has 0 bridgehead atoms. The van der Waals surface area contributed by atoms with Crippen molar-refractivity contribution < 1.29 is 0 Å². The number of nitrogens with one attached hydrogen (secondary N) is 1. The van der Waals surface area contributed by atoms with Crippen molar-refractivity contribution in [2.45, 2.75) is 13.0 Å². The van der Waals surface area contributed by atoms with Gasteiger partial charge in [-0.2, -0.15) is 5.10 Å². The molecule has 5 heteroatoms. The van der Waals surface area contributed by atoms with Gasteiger partial charge >= 0.3 is 0 Å². The summed E-state index contributed by atoms with van der Waals surface area (Å²) in [6, 6.07) is 7.92. The van der Waals surface area contributed by atoms with Crippen LogP contribution in [0.15, 0.2) is 34.9 Å². The summed E-state index contributed by atoms with van der Waals surface area (Å²) in [6.07, 6.45) is 2.88. The Balaban J connectivity index is 1.80. The van der Waals surface area contributed by atoms with Crippen molar-refractivity contribution in [3.8, 4) is 0 Å². The lowest BCUT2D eigenvalue weighted by Gasteiger charge is -2.06. The number of aryl methyl sites for hydroxylation is 1. The Morgan fingerprint density at radius 2 is 2.22 bits per heavy atom. The van der Waals surface area contributed by atoms with E-state index >= 15 is 0 Å². The zero-order valence-corrected chi connectivity index (χ0v) is 12.5. The van der Waals surface area contributed by atoms with Crippen LogP contribution in [0.3, 0.4) is 0 Å². The molecule has 0 unspecified atom stereocenters. The van der Waals surface area contributed by atoms with E-state index in [0.29, 0.717) is 0 Å². The first-order valence-electron chi connectivity index (χ1n) is 5.78. The number of nitrogens with zero attached hydrogens (tertiary/aromatic N) is 2. The molecule has 0 radical (unpaired) electrons. The fourth-order valence-corrected chi connectivity index (χ4v) is 2.31. The molecule has 2 aromatic rings. The number of rotatable bonds is 5. The zero-order chi connectivity index (χ0) is 13.0. The van der Waals surface area contributed by atoms with Crippen LogP contribution in [0.1, 0.15) is 11.3 Å². The van der Waals surface area contributed by atoms with Crippen LogP contribution in [0.4, 0.5) is 0 Å². The summed E-state index contributed by atoms with van der Waals surface area (Å²) in [5.74, 6) is 0. The highest BCUT2D eigenvalue weighted by atomic mass is 79.9. The van der Waals surface area contributed by atoms with E-state index in [1.165, 1.54) is 0 Å². The average molecular weight is 329 g/mol. The Morgan fingerprint density at radius 3 is 2.94 bits per heavy atom. The molecule has 0 fully saturated rings. The van der Waals surface area contributed by atoms with E-state index in [4.69, 9.17) is 11.6 Å². The number of hydrogen-bond donors (Lipinski definition) is 1. The first kappa shape index (κ1) is 13.6. The second-order valence-electron chi connectivity index (χ2n) is 4.14. The predicted octanol–water partition coefficient (Wildman–Crippen LogP) is 3.17. The van der Waals surface area contributed by atoms with Gasteiger partial charge in [0.2, 0.25) is 0 Å². The fourth-order valence-electron chi connectivity index (χ4n) is 1.71. The van der Waals surface area contributed by atoms with E-state index in [2.05, 4.69) is 26.3 Å². The SMILES string of the molecule is Cn1ccc(CCNCc2cc(Br)ccc2Cl)n1. The summed E-state index contributed by atoms with van der Waals surface area (Å²) in [4.78, 5) is 0. The van der Waals surface area contributed by atoms with Crippen molar-refractivity contribution in [3.05, 3.63) is 51.2 Å². The number of hydrogen-bond acceptors (Lipinski definition) is 2. The summed E-state index contributed by atoms with van der Waals surface area (Å²) in [5, 5.41) is 8.50. The molecule has 1 heterocycles. The summed E-state index contributed by atoms with van der Waals surface area (Å²) in [6.45, 7) is 1.66. The fraction of sp³-hybridized carbons (Fsp3) is 0.308. The third-order valence-electron chi connectivity index (χ3n) is 2.65. The van der Waals surface area contributed by atoms with E-state index in [9.17, 15) is 0 Å². The number of halogens is 2. The minimum Gasteiger partial charge on any atom is -0.312 e. The number of aromatic nitrogens is 2. The molecule has 0 aliphatic heterocycles. The second kappa shape index (κ2) is 6.36. The molecule has 18 heavy (non-hydrogen) atoms. The van der Waals surface area contributed by atoms with Gasteiger partial charge in [0.05, 0.1) is 5.69 Å². The highest BCUT2D eigenvalue weighted by Gasteiger charge is 2.01.